The van der Waals surface area contributed by atoms with Crippen LogP contribution in [0.4, 0.5) is 8.78 Å². The number of methoxy groups -OCH3 is 1. The van der Waals surface area contributed by atoms with E-state index in [1.165, 1.54) is 25.3 Å². The Balaban J connectivity index is 2.39. The first-order chi connectivity index (χ1) is 9.99. The maximum Gasteiger partial charge on any atom is 0.290 e. The summed E-state index contributed by atoms with van der Waals surface area (Å²) in [4.78, 5) is 1.58. The fourth-order valence-electron chi connectivity index (χ4n) is 2.60. The molecular weight excluding hydrogens is 282 g/mol. The highest BCUT2D eigenvalue weighted by Gasteiger charge is 2.45. The predicted octanol–water partition coefficient (Wildman–Crippen LogP) is 0.975. The summed E-state index contributed by atoms with van der Waals surface area (Å²) >= 11 is 0. The van der Waals surface area contributed by atoms with Gasteiger partial charge >= 0.3 is 0 Å². The van der Waals surface area contributed by atoms with E-state index in [1.807, 2.05) is 0 Å². The molecule has 2 rings (SSSR count). The number of hydrogen-bond acceptors (Lipinski definition) is 5. The van der Waals surface area contributed by atoms with E-state index in [0.29, 0.717) is 31.9 Å². The summed E-state index contributed by atoms with van der Waals surface area (Å²) in [6, 6.07) is 2.88. The first-order valence-corrected chi connectivity index (χ1v) is 6.80. The van der Waals surface area contributed by atoms with Gasteiger partial charge in [0.1, 0.15) is 24.1 Å². The molecule has 0 amide bonds. The molecule has 1 saturated heterocycles. The second-order valence-electron chi connectivity index (χ2n) is 5.03. The molecule has 0 spiro atoms. The van der Waals surface area contributed by atoms with Crippen molar-refractivity contribution < 1.29 is 23.7 Å². The van der Waals surface area contributed by atoms with Crippen LogP contribution in [0.3, 0.4) is 0 Å². The van der Waals surface area contributed by atoms with Gasteiger partial charge in [-0.2, -0.15) is 0 Å². The van der Waals surface area contributed by atoms with Gasteiger partial charge in [0.2, 0.25) is 0 Å². The Hall–Kier alpha value is -1.44. The average Bonchev–Trinajstić information content (AvgIpc) is 2.50. The maximum absolute atomic E-state index is 14.2. The zero-order valence-corrected chi connectivity index (χ0v) is 11.9. The number of nitrogens with one attached hydrogen (secondary N) is 1. The molecule has 0 radical (unpaired) electrons. The lowest BCUT2D eigenvalue weighted by Crippen LogP contribution is -2.51. The molecule has 21 heavy (non-hydrogen) atoms. The minimum absolute atomic E-state index is 0.0942. The van der Waals surface area contributed by atoms with Gasteiger partial charge in [0.05, 0.1) is 7.11 Å². The number of aliphatic hydroxyl groups is 1. The van der Waals surface area contributed by atoms with Gasteiger partial charge in [-0.05, 0) is 12.1 Å². The number of alkyl halides is 2. The molecule has 1 aromatic rings. The van der Waals surface area contributed by atoms with E-state index < -0.39 is 18.6 Å². The quantitative estimate of drug-likeness (QED) is 0.756. The van der Waals surface area contributed by atoms with Crippen LogP contribution in [0, 0.1) is 0 Å². The largest absolute Gasteiger partial charge is 0.507 e. The summed E-state index contributed by atoms with van der Waals surface area (Å²) in [5.41, 5.74) is 0.0942. The summed E-state index contributed by atoms with van der Waals surface area (Å²) in [6.07, 6.45) is 0. The standard InChI is InChI=1S/C14H20F2N2O3/c1-21-10-2-3-11(12(20)8-10)13(14(15,16)9-19)18-6-4-17-5-7-18/h2-3,8,13,17,19-20H,4-7,9H2,1H3/t13-/m0/s1. The Morgan fingerprint density at radius 1 is 1.38 bits per heavy atom. The molecule has 5 nitrogen and oxygen atoms in total. The average molecular weight is 302 g/mol. The third kappa shape index (κ3) is 3.42. The SMILES string of the molecule is COc1ccc([C@H](N2CCNCC2)C(F)(F)CO)c(O)c1. The lowest BCUT2D eigenvalue weighted by atomic mass is 9.97. The van der Waals surface area contributed by atoms with E-state index in [4.69, 9.17) is 9.84 Å². The zero-order chi connectivity index (χ0) is 15.5. The molecule has 1 aliphatic rings. The first-order valence-electron chi connectivity index (χ1n) is 6.80. The van der Waals surface area contributed by atoms with E-state index in [9.17, 15) is 13.9 Å². The van der Waals surface area contributed by atoms with Gasteiger partial charge < -0.3 is 20.3 Å². The lowest BCUT2D eigenvalue weighted by molar-refractivity contribution is -0.119. The predicted molar refractivity (Wildman–Crippen MR) is 73.9 cm³/mol. The summed E-state index contributed by atoms with van der Waals surface area (Å²) in [7, 11) is 1.44. The number of nitrogens with zero attached hydrogens (tertiary/aromatic N) is 1. The van der Waals surface area contributed by atoms with Crippen LogP contribution in [-0.4, -0.2) is 60.9 Å². The Morgan fingerprint density at radius 3 is 2.57 bits per heavy atom. The van der Waals surface area contributed by atoms with E-state index in [0.717, 1.165) is 0 Å². The lowest BCUT2D eigenvalue weighted by Gasteiger charge is -2.38. The smallest absolute Gasteiger partial charge is 0.290 e. The number of hydrogen-bond donors (Lipinski definition) is 3. The van der Waals surface area contributed by atoms with Gasteiger partial charge in [0.15, 0.2) is 0 Å². The molecule has 0 bridgehead atoms. The number of phenolic OH excluding ortho intramolecular Hbond substituents is 1. The van der Waals surface area contributed by atoms with Crippen molar-refractivity contribution in [2.45, 2.75) is 12.0 Å². The molecular formula is C14H20F2N2O3. The van der Waals surface area contributed by atoms with Crippen molar-refractivity contribution >= 4 is 0 Å². The molecule has 3 N–H and O–H groups in total. The van der Waals surface area contributed by atoms with Gasteiger partial charge in [0.25, 0.3) is 5.92 Å². The second kappa shape index (κ2) is 6.55. The van der Waals surface area contributed by atoms with Crippen molar-refractivity contribution in [2.75, 3.05) is 39.9 Å². The molecule has 0 unspecified atom stereocenters. The van der Waals surface area contributed by atoms with E-state index in [1.54, 1.807) is 4.90 Å². The van der Waals surface area contributed by atoms with Gasteiger partial charge in [-0.15, -0.1) is 0 Å². The number of ether oxygens (including phenoxy) is 1. The number of aliphatic hydroxyl groups excluding tert-OH is 1. The van der Waals surface area contributed by atoms with Crippen LogP contribution >= 0.6 is 0 Å². The van der Waals surface area contributed by atoms with E-state index >= 15 is 0 Å². The third-order valence-corrected chi connectivity index (χ3v) is 3.66. The van der Waals surface area contributed by atoms with Crippen molar-refractivity contribution in [3.05, 3.63) is 23.8 Å². The maximum atomic E-state index is 14.2. The number of phenols is 1. The van der Waals surface area contributed by atoms with Crippen LogP contribution in [0.5, 0.6) is 11.5 Å². The second-order valence-corrected chi connectivity index (χ2v) is 5.03. The van der Waals surface area contributed by atoms with Gasteiger partial charge in [-0.1, -0.05) is 0 Å². The molecule has 0 saturated carbocycles. The summed E-state index contributed by atoms with van der Waals surface area (Å²) in [5, 5.41) is 22.2. The van der Waals surface area contributed by atoms with Gasteiger partial charge in [0, 0.05) is 37.8 Å². The fourth-order valence-corrected chi connectivity index (χ4v) is 2.60. The van der Waals surface area contributed by atoms with Gasteiger partial charge in [-0.3, -0.25) is 4.90 Å². The van der Waals surface area contributed by atoms with Crippen molar-refractivity contribution in [1.82, 2.24) is 10.2 Å². The third-order valence-electron chi connectivity index (χ3n) is 3.66. The summed E-state index contributed by atoms with van der Waals surface area (Å²) in [5.74, 6) is -3.21. The number of halogens is 2. The Bertz CT molecular complexity index is 479. The topological polar surface area (TPSA) is 65.0 Å². The Morgan fingerprint density at radius 2 is 2.05 bits per heavy atom. The molecule has 7 heteroatoms. The van der Waals surface area contributed by atoms with Crippen LogP contribution < -0.4 is 10.1 Å². The number of aromatic hydroxyl groups is 1. The van der Waals surface area contributed by atoms with Gasteiger partial charge in [-0.25, -0.2) is 8.78 Å². The number of benzene rings is 1. The van der Waals surface area contributed by atoms with Crippen molar-refractivity contribution in [3.63, 3.8) is 0 Å². The summed E-state index contributed by atoms with van der Waals surface area (Å²) < 4.78 is 33.4. The van der Waals surface area contributed by atoms with Crippen LogP contribution in [0.25, 0.3) is 0 Å². The highest BCUT2D eigenvalue weighted by atomic mass is 19.3. The molecule has 1 fully saturated rings. The number of rotatable bonds is 5. The minimum atomic E-state index is -3.34. The fraction of sp³-hybridized carbons (Fsp3) is 0.571. The number of piperazine rings is 1. The van der Waals surface area contributed by atoms with E-state index in [-0.39, 0.29) is 11.3 Å². The molecule has 1 aliphatic heterocycles. The normalized spacial score (nSPS) is 18.5. The molecule has 0 aliphatic carbocycles. The molecule has 0 aromatic heterocycles. The van der Waals surface area contributed by atoms with Crippen molar-refractivity contribution in [3.8, 4) is 11.5 Å². The molecule has 1 atom stereocenters. The van der Waals surface area contributed by atoms with Crippen LogP contribution in [0.2, 0.25) is 0 Å². The molecule has 118 valence electrons. The summed E-state index contributed by atoms with van der Waals surface area (Å²) in [6.45, 7) is 0.758. The Labute approximate surface area is 122 Å². The minimum Gasteiger partial charge on any atom is -0.507 e. The highest BCUT2D eigenvalue weighted by Crippen LogP contribution is 2.41. The van der Waals surface area contributed by atoms with Crippen molar-refractivity contribution in [2.24, 2.45) is 0 Å². The van der Waals surface area contributed by atoms with Crippen molar-refractivity contribution in [1.29, 1.82) is 0 Å². The molecule has 1 heterocycles. The van der Waals surface area contributed by atoms with E-state index in [2.05, 4.69) is 5.32 Å². The van der Waals surface area contributed by atoms with Crippen LogP contribution in [-0.2, 0) is 0 Å². The zero-order valence-electron chi connectivity index (χ0n) is 11.9. The van der Waals surface area contributed by atoms with Crippen LogP contribution in [0.15, 0.2) is 18.2 Å². The molecule has 1 aromatic carbocycles. The van der Waals surface area contributed by atoms with Crippen LogP contribution in [0.1, 0.15) is 11.6 Å². The Kier molecular flexibility index (Phi) is 4.97. The first kappa shape index (κ1) is 15.9. The highest BCUT2D eigenvalue weighted by molar-refractivity contribution is 5.42. The monoisotopic (exact) mass is 302 g/mol.